The molecule has 0 bridgehead atoms. The second-order valence-corrected chi connectivity index (χ2v) is 7.31. The van der Waals surface area contributed by atoms with Gasteiger partial charge in [0, 0.05) is 17.7 Å². The molecule has 33 heavy (non-hydrogen) atoms. The SMILES string of the molecule is O=C(NCCc1ccc(O)cc1)c1nc(-c2ccc(C(F)(F)F)cc2)oc1-c1ccccc1. The van der Waals surface area contributed by atoms with Gasteiger partial charge in [0.15, 0.2) is 11.5 Å². The Bertz CT molecular complexity index is 1230. The van der Waals surface area contributed by atoms with Crippen LogP contribution in [0.5, 0.6) is 5.75 Å². The maximum absolute atomic E-state index is 12.9. The molecule has 0 atom stereocenters. The van der Waals surface area contributed by atoms with Crippen LogP contribution in [-0.2, 0) is 12.6 Å². The average Bonchev–Trinajstić information content (AvgIpc) is 3.26. The topological polar surface area (TPSA) is 75.4 Å². The Hall–Kier alpha value is -4.07. The first-order chi connectivity index (χ1) is 15.8. The van der Waals surface area contributed by atoms with Crippen molar-refractivity contribution in [3.63, 3.8) is 0 Å². The molecule has 0 fully saturated rings. The fraction of sp³-hybridized carbons (Fsp3) is 0.120. The Morgan fingerprint density at radius 1 is 0.909 bits per heavy atom. The van der Waals surface area contributed by atoms with Crippen molar-refractivity contribution in [3.05, 3.63) is 95.7 Å². The zero-order valence-corrected chi connectivity index (χ0v) is 17.3. The molecule has 1 aromatic heterocycles. The second-order valence-electron chi connectivity index (χ2n) is 7.31. The minimum atomic E-state index is -4.45. The predicted octanol–water partition coefficient (Wildman–Crippen LogP) is 5.71. The minimum absolute atomic E-state index is 0.0433. The molecule has 0 unspecified atom stereocenters. The van der Waals surface area contributed by atoms with Crippen LogP contribution in [0.15, 0.2) is 83.3 Å². The summed E-state index contributed by atoms with van der Waals surface area (Å²) in [5, 5.41) is 12.2. The molecule has 1 amide bonds. The van der Waals surface area contributed by atoms with E-state index in [0.717, 1.165) is 17.7 Å². The van der Waals surface area contributed by atoms with Gasteiger partial charge in [-0.15, -0.1) is 0 Å². The number of carbonyl (C=O) groups is 1. The Kier molecular flexibility index (Phi) is 6.17. The minimum Gasteiger partial charge on any atom is -0.508 e. The first kappa shape index (κ1) is 22.1. The van der Waals surface area contributed by atoms with Crippen molar-refractivity contribution in [2.45, 2.75) is 12.6 Å². The number of phenols is 1. The van der Waals surface area contributed by atoms with Gasteiger partial charge in [-0.25, -0.2) is 4.98 Å². The van der Waals surface area contributed by atoms with E-state index in [0.29, 0.717) is 24.1 Å². The summed E-state index contributed by atoms with van der Waals surface area (Å²) >= 11 is 0. The summed E-state index contributed by atoms with van der Waals surface area (Å²) in [4.78, 5) is 17.2. The lowest BCUT2D eigenvalue weighted by Crippen LogP contribution is -2.26. The first-order valence-corrected chi connectivity index (χ1v) is 10.1. The summed E-state index contributed by atoms with van der Waals surface area (Å²) < 4.78 is 44.5. The third-order valence-electron chi connectivity index (χ3n) is 4.97. The number of rotatable bonds is 6. The van der Waals surface area contributed by atoms with Crippen LogP contribution in [0.1, 0.15) is 21.6 Å². The van der Waals surface area contributed by atoms with Gasteiger partial charge in [0.25, 0.3) is 5.91 Å². The van der Waals surface area contributed by atoms with E-state index in [2.05, 4.69) is 10.3 Å². The molecular formula is C25H19F3N2O3. The van der Waals surface area contributed by atoms with Gasteiger partial charge < -0.3 is 14.8 Å². The summed E-state index contributed by atoms with van der Waals surface area (Å²) in [6, 6.07) is 19.9. The molecule has 4 aromatic rings. The normalized spacial score (nSPS) is 11.4. The molecule has 8 heteroatoms. The van der Waals surface area contributed by atoms with Crippen molar-refractivity contribution in [2.75, 3.05) is 6.54 Å². The van der Waals surface area contributed by atoms with Crippen molar-refractivity contribution in [1.82, 2.24) is 10.3 Å². The number of amides is 1. The Labute approximate surface area is 187 Å². The second kappa shape index (κ2) is 9.20. The molecule has 0 aliphatic carbocycles. The van der Waals surface area contributed by atoms with Crippen molar-refractivity contribution < 1.29 is 27.5 Å². The van der Waals surface area contributed by atoms with Gasteiger partial charge in [0.2, 0.25) is 5.89 Å². The fourth-order valence-corrected chi connectivity index (χ4v) is 3.25. The van der Waals surface area contributed by atoms with Crippen LogP contribution in [0, 0.1) is 0 Å². The molecule has 0 saturated heterocycles. The quantitative estimate of drug-likeness (QED) is 0.393. The molecule has 4 rings (SSSR count). The van der Waals surface area contributed by atoms with E-state index in [9.17, 15) is 23.1 Å². The highest BCUT2D eigenvalue weighted by molar-refractivity contribution is 5.98. The standard InChI is InChI=1S/C25H19F3N2O3/c26-25(27,28)19-10-8-18(9-11-19)24-30-21(22(33-24)17-4-2-1-3-5-17)23(32)29-15-14-16-6-12-20(31)13-7-16/h1-13,31H,14-15H2,(H,29,32). The van der Waals surface area contributed by atoms with Crippen LogP contribution in [0.4, 0.5) is 13.2 Å². The van der Waals surface area contributed by atoms with E-state index in [1.807, 2.05) is 6.07 Å². The molecule has 5 nitrogen and oxygen atoms in total. The molecular weight excluding hydrogens is 433 g/mol. The summed E-state index contributed by atoms with van der Waals surface area (Å²) in [6.07, 6.45) is -3.91. The lowest BCUT2D eigenvalue weighted by Gasteiger charge is -2.06. The molecule has 3 aromatic carbocycles. The van der Waals surface area contributed by atoms with Crippen LogP contribution < -0.4 is 5.32 Å². The van der Waals surface area contributed by atoms with Gasteiger partial charge in [-0.1, -0.05) is 42.5 Å². The lowest BCUT2D eigenvalue weighted by atomic mass is 10.1. The zero-order valence-electron chi connectivity index (χ0n) is 17.3. The van der Waals surface area contributed by atoms with Gasteiger partial charge in [-0.2, -0.15) is 13.2 Å². The molecule has 0 aliphatic rings. The summed E-state index contributed by atoms with van der Waals surface area (Å²) in [7, 11) is 0. The van der Waals surface area contributed by atoms with Crippen molar-refractivity contribution in [1.29, 1.82) is 0 Å². The number of hydrogen-bond donors (Lipinski definition) is 2. The van der Waals surface area contributed by atoms with E-state index < -0.39 is 17.6 Å². The molecule has 0 radical (unpaired) electrons. The van der Waals surface area contributed by atoms with Crippen LogP contribution in [0.2, 0.25) is 0 Å². The largest absolute Gasteiger partial charge is 0.508 e. The van der Waals surface area contributed by atoms with E-state index in [1.165, 1.54) is 12.1 Å². The Morgan fingerprint density at radius 2 is 1.58 bits per heavy atom. The number of carbonyl (C=O) groups excluding carboxylic acids is 1. The van der Waals surface area contributed by atoms with Crippen molar-refractivity contribution >= 4 is 5.91 Å². The van der Waals surface area contributed by atoms with Crippen molar-refractivity contribution in [2.24, 2.45) is 0 Å². The van der Waals surface area contributed by atoms with E-state index in [-0.39, 0.29) is 23.1 Å². The lowest BCUT2D eigenvalue weighted by molar-refractivity contribution is -0.137. The molecule has 0 spiro atoms. The van der Waals surface area contributed by atoms with Gasteiger partial charge in [0.1, 0.15) is 5.75 Å². The third-order valence-corrected chi connectivity index (χ3v) is 4.97. The first-order valence-electron chi connectivity index (χ1n) is 10.1. The highest BCUT2D eigenvalue weighted by atomic mass is 19.4. The highest BCUT2D eigenvalue weighted by Gasteiger charge is 2.30. The number of phenolic OH excluding ortho intramolecular Hbond substituents is 1. The maximum Gasteiger partial charge on any atom is 0.416 e. The number of nitrogens with one attached hydrogen (secondary N) is 1. The molecule has 0 saturated carbocycles. The third kappa shape index (κ3) is 5.23. The van der Waals surface area contributed by atoms with Crippen LogP contribution in [0.3, 0.4) is 0 Å². The summed E-state index contributed by atoms with van der Waals surface area (Å²) in [5.41, 5.74) is 1.13. The van der Waals surface area contributed by atoms with Crippen LogP contribution >= 0.6 is 0 Å². The van der Waals surface area contributed by atoms with Crippen LogP contribution in [0.25, 0.3) is 22.8 Å². The Balaban J connectivity index is 1.58. The number of nitrogens with zero attached hydrogens (tertiary/aromatic N) is 1. The summed E-state index contributed by atoms with van der Waals surface area (Å²) in [5.74, 6) is -0.0258. The summed E-state index contributed by atoms with van der Waals surface area (Å²) in [6.45, 7) is 0.320. The smallest absolute Gasteiger partial charge is 0.416 e. The zero-order chi connectivity index (χ0) is 23.4. The van der Waals surface area contributed by atoms with Gasteiger partial charge in [-0.05, 0) is 48.4 Å². The molecule has 0 aliphatic heterocycles. The van der Waals surface area contributed by atoms with Crippen LogP contribution in [-0.4, -0.2) is 22.5 Å². The predicted molar refractivity (Wildman–Crippen MR) is 117 cm³/mol. The number of aromatic hydroxyl groups is 1. The number of aromatic nitrogens is 1. The number of hydrogen-bond acceptors (Lipinski definition) is 4. The number of benzene rings is 3. The molecule has 1 heterocycles. The van der Waals surface area contributed by atoms with Gasteiger partial charge >= 0.3 is 6.18 Å². The number of oxazole rings is 1. The highest BCUT2D eigenvalue weighted by Crippen LogP contribution is 2.33. The van der Waals surface area contributed by atoms with E-state index in [4.69, 9.17) is 4.42 Å². The van der Waals surface area contributed by atoms with Gasteiger partial charge in [-0.3, -0.25) is 4.79 Å². The van der Waals surface area contributed by atoms with Gasteiger partial charge in [0.05, 0.1) is 5.56 Å². The monoisotopic (exact) mass is 452 g/mol. The van der Waals surface area contributed by atoms with E-state index >= 15 is 0 Å². The number of halogens is 3. The average molecular weight is 452 g/mol. The number of alkyl halides is 3. The maximum atomic E-state index is 12.9. The fourth-order valence-electron chi connectivity index (χ4n) is 3.25. The molecule has 168 valence electrons. The van der Waals surface area contributed by atoms with Crippen molar-refractivity contribution in [3.8, 4) is 28.5 Å². The Morgan fingerprint density at radius 3 is 2.21 bits per heavy atom. The van der Waals surface area contributed by atoms with E-state index in [1.54, 1.807) is 48.5 Å². The molecule has 2 N–H and O–H groups in total.